The third-order valence-electron chi connectivity index (χ3n) is 2.35. The summed E-state index contributed by atoms with van der Waals surface area (Å²) in [6.45, 7) is 3.80. The summed E-state index contributed by atoms with van der Waals surface area (Å²) in [6.07, 6.45) is 0. The molecule has 5 heteroatoms. The molecule has 5 nitrogen and oxygen atoms in total. The molecule has 2 aromatic rings. The van der Waals surface area contributed by atoms with Crippen molar-refractivity contribution in [1.29, 1.82) is 0 Å². The van der Waals surface area contributed by atoms with Gasteiger partial charge in [0.25, 0.3) is 5.69 Å². The Kier molecular flexibility index (Phi) is 2.44. The van der Waals surface area contributed by atoms with Gasteiger partial charge in [-0.1, -0.05) is 0 Å². The van der Waals surface area contributed by atoms with E-state index in [1.54, 1.807) is 12.1 Å². The van der Waals surface area contributed by atoms with Crippen LogP contribution < -0.4 is 0 Å². The maximum atomic E-state index is 10.5. The number of non-ortho nitro benzene ring substituents is 1. The predicted molar refractivity (Wildman–Crippen MR) is 60.2 cm³/mol. The summed E-state index contributed by atoms with van der Waals surface area (Å²) < 4.78 is 0. The standard InChI is InChI=1S/C11H11N3O2/c1-7-11(13-8(2)12-7)9-3-5-10(6-4-9)14(15)16/h3-6H,1-2H3,(H,12,13). The number of rotatable bonds is 2. The Hall–Kier alpha value is -2.17. The average Bonchev–Trinajstić information content (AvgIpc) is 2.58. The zero-order valence-electron chi connectivity index (χ0n) is 9.02. The Morgan fingerprint density at radius 3 is 2.31 bits per heavy atom. The van der Waals surface area contributed by atoms with Gasteiger partial charge in [-0.05, 0) is 26.0 Å². The van der Waals surface area contributed by atoms with Gasteiger partial charge in [0.05, 0.1) is 10.6 Å². The highest BCUT2D eigenvalue weighted by molar-refractivity contribution is 5.63. The third-order valence-corrected chi connectivity index (χ3v) is 2.35. The Balaban J connectivity index is 2.42. The van der Waals surface area contributed by atoms with Crippen LogP contribution in [0, 0.1) is 24.0 Å². The third kappa shape index (κ3) is 1.79. The zero-order valence-corrected chi connectivity index (χ0v) is 9.02. The van der Waals surface area contributed by atoms with Crippen molar-refractivity contribution in [3.05, 3.63) is 45.9 Å². The zero-order chi connectivity index (χ0) is 11.7. The number of nitro benzene ring substituents is 1. The molecule has 0 aliphatic heterocycles. The van der Waals surface area contributed by atoms with Gasteiger partial charge in [-0.25, -0.2) is 4.98 Å². The van der Waals surface area contributed by atoms with E-state index < -0.39 is 4.92 Å². The van der Waals surface area contributed by atoms with Crippen LogP contribution >= 0.6 is 0 Å². The summed E-state index contributed by atoms with van der Waals surface area (Å²) in [7, 11) is 0. The quantitative estimate of drug-likeness (QED) is 0.620. The molecule has 0 saturated heterocycles. The van der Waals surface area contributed by atoms with Crippen LogP contribution in [0.3, 0.4) is 0 Å². The summed E-state index contributed by atoms with van der Waals surface area (Å²) in [4.78, 5) is 17.5. The minimum atomic E-state index is -0.410. The molecule has 0 atom stereocenters. The van der Waals surface area contributed by atoms with Crippen molar-refractivity contribution in [1.82, 2.24) is 9.97 Å². The summed E-state index contributed by atoms with van der Waals surface area (Å²) in [5, 5.41) is 10.5. The minimum Gasteiger partial charge on any atom is -0.346 e. The fourth-order valence-corrected chi connectivity index (χ4v) is 1.63. The SMILES string of the molecule is Cc1nc(-c2ccc([N+](=O)[O-])cc2)c(C)[nH]1. The maximum Gasteiger partial charge on any atom is 0.269 e. The molecule has 16 heavy (non-hydrogen) atoms. The van der Waals surface area contributed by atoms with E-state index in [1.165, 1.54) is 12.1 Å². The second-order valence-electron chi connectivity index (χ2n) is 3.60. The molecule has 1 heterocycles. The number of aromatic amines is 1. The number of imidazole rings is 1. The number of nitro groups is 1. The van der Waals surface area contributed by atoms with E-state index in [0.717, 1.165) is 22.8 Å². The highest BCUT2D eigenvalue weighted by atomic mass is 16.6. The summed E-state index contributed by atoms with van der Waals surface area (Å²) in [5.74, 6) is 0.839. The van der Waals surface area contributed by atoms with Gasteiger partial charge in [0, 0.05) is 23.4 Å². The van der Waals surface area contributed by atoms with Crippen molar-refractivity contribution < 1.29 is 4.92 Å². The van der Waals surface area contributed by atoms with E-state index >= 15 is 0 Å². The molecule has 0 fully saturated rings. The topological polar surface area (TPSA) is 71.8 Å². The van der Waals surface area contributed by atoms with Crippen LogP contribution in [0.1, 0.15) is 11.5 Å². The van der Waals surface area contributed by atoms with Gasteiger partial charge in [-0.3, -0.25) is 10.1 Å². The molecule has 2 rings (SSSR count). The lowest BCUT2D eigenvalue weighted by Gasteiger charge is -1.97. The monoisotopic (exact) mass is 217 g/mol. The molecular formula is C11H11N3O2. The summed E-state index contributed by atoms with van der Waals surface area (Å²) in [5.41, 5.74) is 2.78. The molecule has 0 unspecified atom stereocenters. The lowest BCUT2D eigenvalue weighted by molar-refractivity contribution is -0.384. The highest BCUT2D eigenvalue weighted by Crippen LogP contribution is 2.23. The number of aromatic nitrogens is 2. The number of benzene rings is 1. The number of nitrogens with zero attached hydrogens (tertiary/aromatic N) is 2. The van der Waals surface area contributed by atoms with Crippen LogP contribution in [0.2, 0.25) is 0 Å². The first-order valence-electron chi connectivity index (χ1n) is 4.86. The van der Waals surface area contributed by atoms with Gasteiger partial charge in [0.2, 0.25) is 0 Å². The van der Waals surface area contributed by atoms with Crippen LogP contribution in [0.4, 0.5) is 5.69 Å². The molecule has 0 aliphatic carbocycles. The molecule has 0 aliphatic rings. The molecule has 0 saturated carbocycles. The molecular weight excluding hydrogens is 206 g/mol. The van der Waals surface area contributed by atoms with E-state index in [-0.39, 0.29) is 5.69 Å². The lowest BCUT2D eigenvalue weighted by Crippen LogP contribution is -1.88. The first-order valence-corrected chi connectivity index (χ1v) is 4.86. The van der Waals surface area contributed by atoms with Crippen LogP contribution in [-0.4, -0.2) is 14.9 Å². The number of hydrogen-bond acceptors (Lipinski definition) is 3. The minimum absolute atomic E-state index is 0.0914. The van der Waals surface area contributed by atoms with Gasteiger partial charge in [-0.15, -0.1) is 0 Å². The Morgan fingerprint density at radius 2 is 1.88 bits per heavy atom. The fraction of sp³-hybridized carbons (Fsp3) is 0.182. The van der Waals surface area contributed by atoms with E-state index in [4.69, 9.17) is 0 Å². The number of hydrogen-bond donors (Lipinski definition) is 1. The van der Waals surface area contributed by atoms with Crippen molar-refractivity contribution in [2.45, 2.75) is 13.8 Å². The van der Waals surface area contributed by atoms with Crippen LogP contribution in [0.15, 0.2) is 24.3 Å². The van der Waals surface area contributed by atoms with E-state index in [2.05, 4.69) is 9.97 Å². The first-order chi connectivity index (χ1) is 7.58. The second kappa shape index (κ2) is 3.77. The van der Waals surface area contributed by atoms with Crippen molar-refractivity contribution in [3.8, 4) is 11.3 Å². The van der Waals surface area contributed by atoms with Crippen molar-refractivity contribution in [3.63, 3.8) is 0 Å². The van der Waals surface area contributed by atoms with Crippen LogP contribution in [0.5, 0.6) is 0 Å². The predicted octanol–water partition coefficient (Wildman–Crippen LogP) is 2.60. The number of nitrogens with one attached hydrogen (secondary N) is 1. The van der Waals surface area contributed by atoms with Gasteiger partial charge >= 0.3 is 0 Å². The van der Waals surface area contributed by atoms with Crippen molar-refractivity contribution in [2.75, 3.05) is 0 Å². The average molecular weight is 217 g/mol. The Labute approximate surface area is 92.3 Å². The first kappa shape index (κ1) is 10.4. The summed E-state index contributed by atoms with van der Waals surface area (Å²) in [6, 6.07) is 6.39. The van der Waals surface area contributed by atoms with E-state index in [0.29, 0.717) is 0 Å². The summed E-state index contributed by atoms with van der Waals surface area (Å²) >= 11 is 0. The smallest absolute Gasteiger partial charge is 0.269 e. The largest absolute Gasteiger partial charge is 0.346 e. The molecule has 0 amide bonds. The number of H-pyrrole nitrogens is 1. The molecule has 1 aromatic heterocycles. The molecule has 0 bridgehead atoms. The second-order valence-corrected chi connectivity index (χ2v) is 3.60. The highest BCUT2D eigenvalue weighted by Gasteiger charge is 2.09. The van der Waals surface area contributed by atoms with Crippen LogP contribution in [0.25, 0.3) is 11.3 Å². The molecule has 0 spiro atoms. The molecule has 1 aromatic carbocycles. The van der Waals surface area contributed by atoms with E-state index in [1.807, 2.05) is 13.8 Å². The van der Waals surface area contributed by atoms with Gasteiger partial charge in [0.1, 0.15) is 5.82 Å². The van der Waals surface area contributed by atoms with Gasteiger partial charge < -0.3 is 4.98 Å². The Morgan fingerprint density at radius 1 is 1.25 bits per heavy atom. The fourth-order valence-electron chi connectivity index (χ4n) is 1.63. The Bertz CT molecular complexity index is 529. The van der Waals surface area contributed by atoms with Crippen LogP contribution in [-0.2, 0) is 0 Å². The number of aryl methyl sites for hydroxylation is 2. The maximum absolute atomic E-state index is 10.5. The van der Waals surface area contributed by atoms with E-state index in [9.17, 15) is 10.1 Å². The van der Waals surface area contributed by atoms with Gasteiger partial charge in [0.15, 0.2) is 0 Å². The normalized spacial score (nSPS) is 10.4. The van der Waals surface area contributed by atoms with Crippen molar-refractivity contribution >= 4 is 5.69 Å². The lowest BCUT2D eigenvalue weighted by atomic mass is 10.1. The van der Waals surface area contributed by atoms with Gasteiger partial charge in [-0.2, -0.15) is 0 Å². The molecule has 0 radical (unpaired) electrons. The molecule has 1 N–H and O–H groups in total. The van der Waals surface area contributed by atoms with Crippen molar-refractivity contribution in [2.24, 2.45) is 0 Å². The molecule has 82 valence electrons.